The number of benzene rings is 1. The van der Waals surface area contributed by atoms with Crippen LogP contribution in [0.1, 0.15) is 42.5 Å². The zero-order valence-electron chi connectivity index (χ0n) is 11.4. The lowest BCUT2D eigenvalue weighted by Crippen LogP contribution is -2.21. The van der Waals surface area contributed by atoms with Crippen molar-refractivity contribution < 1.29 is 4.21 Å². The standard InChI is InChI=1S/C15H23NOS/c1-12(16-9-4-10-18(2)17)14-8-7-13-5-3-6-15(13)11-14/h7-8,11-12,16H,3-6,9-10H2,1-2H3. The minimum Gasteiger partial charge on any atom is -0.310 e. The Morgan fingerprint density at radius 2 is 2.11 bits per heavy atom. The van der Waals surface area contributed by atoms with Crippen molar-refractivity contribution in [3.63, 3.8) is 0 Å². The third-order valence-corrected chi connectivity index (χ3v) is 4.55. The fourth-order valence-electron chi connectivity index (χ4n) is 2.57. The van der Waals surface area contributed by atoms with Gasteiger partial charge in [0.15, 0.2) is 0 Å². The molecule has 0 fully saturated rings. The van der Waals surface area contributed by atoms with E-state index in [0.29, 0.717) is 6.04 Å². The van der Waals surface area contributed by atoms with Crippen LogP contribution in [0.4, 0.5) is 0 Å². The Morgan fingerprint density at radius 3 is 2.89 bits per heavy atom. The van der Waals surface area contributed by atoms with Gasteiger partial charge in [-0.3, -0.25) is 4.21 Å². The van der Waals surface area contributed by atoms with Gasteiger partial charge < -0.3 is 5.32 Å². The SMILES string of the molecule is CC(NCCCS(C)=O)c1ccc2c(c1)CCC2. The van der Waals surface area contributed by atoms with Crippen LogP contribution >= 0.6 is 0 Å². The summed E-state index contributed by atoms with van der Waals surface area (Å²) in [5.41, 5.74) is 4.46. The topological polar surface area (TPSA) is 29.1 Å². The molecule has 0 radical (unpaired) electrons. The van der Waals surface area contributed by atoms with Gasteiger partial charge in [-0.15, -0.1) is 0 Å². The second kappa shape index (κ2) is 6.48. The highest BCUT2D eigenvalue weighted by Crippen LogP contribution is 2.25. The molecule has 1 aliphatic carbocycles. The fourth-order valence-corrected chi connectivity index (χ4v) is 3.12. The summed E-state index contributed by atoms with van der Waals surface area (Å²) in [6, 6.07) is 7.29. The molecule has 0 amide bonds. The zero-order chi connectivity index (χ0) is 13.0. The fraction of sp³-hybridized carbons (Fsp3) is 0.600. The van der Waals surface area contributed by atoms with E-state index in [2.05, 4.69) is 30.4 Å². The number of hydrogen-bond acceptors (Lipinski definition) is 2. The smallest absolute Gasteiger partial charge is 0.0291 e. The first-order chi connectivity index (χ1) is 8.66. The summed E-state index contributed by atoms with van der Waals surface area (Å²) in [5.74, 6) is 0.796. The van der Waals surface area contributed by atoms with E-state index in [1.165, 1.54) is 36.0 Å². The molecule has 0 aromatic heterocycles. The average molecular weight is 265 g/mol. The van der Waals surface area contributed by atoms with E-state index < -0.39 is 10.8 Å². The molecular weight excluding hydrogens is 242 g/mol. The van der Waals surface area contributed by atoms with Gasteiger partial charge >= 0.3 is 0 Å². The molecule has 2 unspecified atom stereocenters. The van der Waals surface area contributed by atoms with Crippen molar-refractivity contribution in [2.24, 2.45) is 0 Å². The molecule has 100 valence electrons. The molecule has 2 atom stereocenters. The molecule has 18 heavy (non-hydrogen) atoms. The molecule has 0 saturated heterocycles. The van der Waals surface area contributed by atoms with Crippen molar-refractivity contribution in [1.29, 1.82) is 0 Å². The largest absolute Gasteiger partial charge is 0.310 e. The van der Waals surface area contributed by atoms with Crippen LogP contribution in [0.3, 0.4) is 0 Å². The predicted octanol–water partition coefficient (Wildman–Crippen LogP) is 2.59. The number of rotatable bonds is 6. The van der Waals surface area contributed by atoms with Gasteiger partial charge in [0, 0.05) is 28.9 Å². The lowest BCUT2D eigenvalue weighted by atomic mass is 10.0. The van der Waals surface area contributed by atoms with Crippen LogP contribution in [-0.4, -0.2) is 22.8 Å². The zero-order valence-corrected chi connectivity index (χ0v) is 12.2. The van der Waals surface area contributed by atoms with Crippen LogP contribution in [0.5, 0.6) is 0 Å². The van der Waals surface area contributed by atoms with Crippen molar-refractivity contribution in [3.8, 4) is 0 Å². The van der Waals surface area contributed by atoms with Gasteiger partial charge in [0.1, 0.15) is 0 Å². The van der Waals surface area contributed by atoms with Gasteiger partial charge in [-0.25, -0.2) is 0 Å². The molecule has 1 N–H and O–H groups in total. The van der Waals surface area contributed by atoms with Crippen molar-refractivity contribution in [2.45, 2.75) is 38.6 Å². The van der Waals surface area contributed by atoms with E-state index in [4.69, 9.17) is 0 Å². The van der Waals surface area contributed by atoms with E-state index in [9.17, 15) is 4.21 Å². The van der Waals surface area contributed by atoms with Crippen LogP contribution in [0.2, 0.25) is 0 Å². The third-order valence-electron chi connectivity index (χ3n) is 3.68. The Hall–Kier alpha value is -0.670. The molecule has 0 bridgehead atoms. The molecule has 1 aromatic rings. The maximum Gasteiger partial charge on any atom is 0.0291 e. The molecule has 0 spiro atoms. The lowest BCUT2D eigenvalue weighted by Gasteiger charge is -2.15. The first kappa shape index (κ1) is 13.8. The van der Waals surface area contributed by atoms with Crippen LogP contribution in [0, 0.1) is 0 Å². The van der Waals surface area contributed by atoms with Crippen molar-refractivity contribution in [1.82, 2.24) is 5.32 Å². The molecule has 1 aliphatic rings. The number of hydrogen-bond donors (Lipinski definition) is 1. The van der Waals surface area contributed by atoms with E-state index in [1.807, 2.05) is 0 Å². The van der Waals surface area contributed by atoms with Gasteiger partial charge in [-0.1, -0.05) is 18.2 Å². The molecule has 0 heterocycles. The predicted molar refractivity (Wildman–Crippen MR) is 78.4 cm³/mol. The second-order valence-corrected chi connectivity index (χ2v) is 6.74. The minimum absolute atomic E-state index is 0.390. The normalized spacial score (nSPS) is 17.4. The van der Waals surface area contributed by atoms with E-state index in [1.54, 1.807) is 6.26 Å². The van der Waals surface area contributed by atoms with Gasteiger partial charge in [0.25, 0.3) is 0 Å². The summed E-state index contributed by atoms with van der Waals surface area (Å²) >= 11 is 0. The maximum absolute atomic E-state index is 11.0. The van der Waals surface area contributed by atoms with Gasteiger partial charge in [-0.05, 0) is 55.8 Å². The molecule has 2 nitrogen and oxygen atoms in total. The average Bonchev–Trinajstić information content (AvgIpc) is 2.81. The monoisotopic (exact) mass is 265 g/mol. The Labute approximate surface area is 113 Å². The summed E-state index contributed by atoms with van der Waals surface area (Å²) in [6.45, 7) is 3.15. The van der Waals surface area contributed by atoms with Gasteiger partial charge in [0.05, 0.1) is 0 Å². The highest BCUT2D eigenvalue weighted by atomic mass is 32.2. The van der Waals surface area contributed by atoms with Gasteiger partial charge in [-0.2, -0.15) is 0 Å². The summed E-state index contributed by atoms with van der Waals surface area (Å²) in [4.78, 5) is 0. The Morgan fingerprint density at radius 1 is 1.33 bits per heavy atom. The summed E-state index contributed by atoms with van der Waals surface area (Å²) in [5, 5.41) is 3.51. The maximum atomic E-state index is 11.0. The van der Waals surface area contributed by atoms with Crippen LogP contribution in [0.25, 0.3) is 0 Å². The number of aryl methyl sites for hydroxylation is 2. The molecular formula is C15H23NOS. The van der Waals surface area contributed by atoms with Crippen LogP contribution in [0.15, 0.2) is 18.2 Å². The van der Waals surface area contributed by atoms with E-state index >= 15 is 0 Å². The second-order valence-electron chi connectivity index (χ2n) is 5.19. The van der Waals surface area contributed by atoms with Crippen molar-refractivity contribution in [2.75, 3.05) is 18.6 Å². The minimum atomic E-state index is -0.665. The number of nitrogens with one attached hydrogen (secondary N) is 1. The summed E-state index contributed by atoms with van der Waals surface area (Å²) < 4.78 is 11.0. The lowest BCUT2D eigenvalue weighted by molar-refractivity contribution is 0.570. The molecule has 1 aromatic carbocycles. The van der Waals surface area contributed by atoms with Crippen molar-refractivity contribution >= 4 is 10.8 Å². The highest BCUT2D eigenvalue weighted by Gasteiger charge is 2.13. The number of fused-ring (bicyclic) bond motifs is 1. The van der Waals surface area contributed by atoms with Crippen LogP contribution in [-0.2, 0) is 23.6 Å². The van der Waals surface area contributed by atoms with Crippen LogP contribution < -0.4 is 5.32 Å². The Kier molecular flexibility index (Phi) is 4.95. The molecule has 3 heteroatoms. The first-order valence-electron chi connectivity index (χ1n) is 6.82. The summed E-state index contributed by atoms with van der Waals surface area (Å²) in [6.07, 6.45) is 6.55. The first-order valence-corrected chi connectivity index (χ1v) is 8.54. The quantitative estimate of drug-likeness (QED) is 0.801. The third kappa shape index (κ3) is 3.66. The molecule has 2 rings (SSSR count). The van der Waals surface area contributed by atoms with E-state index in [-0.39, 0.29) is 0 Å². The Bertz CT molecular complexity index is 431. The Balaban J connectivity index is 1.85. The van der Waals surface area contributed by atoms with Gasteiger partial charge in [0.2, 0.25) is 0 Å². The molecule has 0 aliphatic heterocycles. The van der Waals surface area contributed by atoms with Crippen molar-refractivity contribution in [3.05, 3.63) is 34.9 Å². The van der Waals surface area contributed by atoms with E-state index in [0.717, 1.165) is 18.7 Å². The molecule has 0 saturated carbocycles. The summed E-state index contributed by atoms with van der Waals surface area (Å²) in [7, 11) is -0.665. The highest BCUT2D eigenvalue weighted by molar-refractivity contribution is 7.84.